The van der Waals surface area contributed by atoms with Crippen LogP contribution in [-0.4, -0.2) is 33.6 Å². The van der Waals surface area contributed by atoms with Gasteiger partial charge in [0, 0.05) is 6.54 Å². The number of ether oxygens (including phenoxy) is 4. The van der Waals surface area contributed by atoms with Gasteiger partial charge in [-0.1, -0.05) is 12.1 Å². The van der Waals surface area contributed by atoms with Crippen LogP contribution in [0.4, 0.5) is 5.69 Å². The van der Waals surface area contributed by atoms with E-state index >= 15 is 0 Å². The summed E-state index contributed by atoms with van der Waals surface area (Å²) in [6, 6.07) is 11.3. The topological polar surface area (TPSA) is 61.0 Å². The average Bonchev–Trinajstić information content (AvgIpc) is 2.65. The Morgan fingerprint density at radius 3 is 2.04 bits per heavy atom. The third kappa shape index (κ3) is 4.67. The first-order valence-electron chi connectivity index (χ1n) is 7.59. The molecule has 25 heavy (non-hydrogen) atoms. The van der Waals surface area contributed by atoms with Gasteiger partial charge in [-0.3, -0.25) is 0 Å². The minimum atomic E-state index is 0.484. The molecule has 2 aromatic carbocycles. The van der Waals surface area contributed by atoms with Crippen LogP contribution >= 0.6 is 12.2 Å². The van der Waals surface area contributed by atoms with Crippen molar-refractivity contribution in [3.8, 4) is 23.0 Å². The highest BCUT2D eigenvalue weighted by Gasteiger charge is 2.13. The molecule has 2 aromatic rings. The summed E-state index contributed by atoms with van der Waals surface area (Å²) in [6.07, 6.45) is 0. The summed E-state index contributed by atoms with van der Waals surface area (Å²) in [7, 11) is 6.36. The Hall–Kier alpha value is -2.67. The zero-order valence-corrected chi connectivity index (χ0v) is 15.5. The van der Waals surface area contributed by atoms with Crippen molar-refractivity contribution in [1.29, 1.82) is 0 Å². The van der Waals surface area contributed by atoms with E-state index in [1.54, 1.807) is 28.4 Å². The van der Waals surface area contributed by atoms with Crippen LogP contribution in [-0.2, 0) is 6.54 Å². The third-order valence-electron chi connectivity index (χ3n) is 3.53. The monoisotopic (exact) mass is 362 g/mol. The first kappa shape index (κ1) is 18.7. The molecule has 0 saturated carbocycles. The van der Waals surface area contributed by atoms with Gasteiger partial charge >= 0.3 is 0 Å². The maximum Gasteiger partial charge on any atom is 0.203 e. The number of para-hydroxylation sites is 2. The van der Waals surface area contributed by atoms with Gasteiger partial charge in [-0.2, -0.15) is 0 Å². The quantitative estimate of drug-likeness (QED) is 0.734. The van der Waals surface area contributed by atoms with Gasteiger partial charge in [-0.25, -0.2) is 0 Å². The summed E-state index contributed by atoms with van der Waals surface area (Å²) >= 11 is 5.35. The lowest BCUT2D eigenvalue weighted by Gasteiger charge is -2.16. The Morgan fingerprint density at radius 2 is 1.48 bits per heavy atom. The number of benzene rings is 2. The lowest BCUT2D eigenvalue weighted by molar-refractivity contribution is 0.323. The molecular weight excluding hydrogens is 340 g/mol. The number of anilines is 1. The van der Waals surface area contributed by atoms with Crippen molar-refractivity contribution < 1.29 is 18.9 Å². The lowest BCUT2D eigenvalue weighted by atomic mass is 10.2. The molecule has 0 aliphatic heterocycles. The molecule has 0 fully saturated rings. The molecule has 7 heteroatoms. The van der Waals surface area contributed by atoms with Crippen LogP contribution in [0.5, 0.6) is 23.0 Å². The van der Waals surface area contributed by atoms with Crippen molar-refractivity contribution in [3.63, 3.8) is 0 Å². The van der Waals surface area contributed by atoms with Crippen molar-refractivity contribution in [3.05, 3.63) is 42.0 Å². The number of thiocarbonyl (C=S) groups is 1. The molecule has 0 spiro atoms. The van der Waals surface area contributed by atoms with Gasteiger partial charge in [-0.15, -0.1) is 0 Å². The van der Waals surface area contributed by atoms with Gasteiger partial charge in [-0.05, 0) is 42.0 Å². The van der Waals surface area contributed by atoms with E-state index in [-0.39, 0.29) is 0 Å². The fraction of sp³-hybridized carbons (Fsp3) is 0.278. The van der Waals surface area contributed by atoms with E-state index in [1.807, 2.05) is 36.4 Å². The fourth-order valence-corrected chi connectivity index (χ4v) is 2.52. The highest BCUT2D eigenvalue weighted by Crippen LogP contribution is 2.38. The zero-order chi connectivity index (χ0) is 18.2. The van der Waals surface area contributed by atoms with E-state index in [9.17, 15) is 0 Å². The van der Waals surface area contributed by atoms with Gasteiger partial charge < -0.3 is 29.6 Å². The molecule has 0 saturated heterocycles. The van der Waals surface area contributed by atoms with Gasteiger partial charge in [0.05, 0.1) is 34.1 Å². The smallest absolute Gasteiger partial charge is 0.203 e. The summed E-state index contributed by atoms with van der Waals surface area (Å²) in [6.45, 7) is 0.498. The number of hydrogen-bond donors (Lipinski definition) is 2. The first-order valence-corrected chi connectivity index (χ1v) is 8.00. The van der Waals surface area contributed by atoms with Gasteiger partial charge in [0.15, 0.2) is 16.6 Å². The Kier molecular flexibility index (Phi) is 6.71. The molecule has 0 atom stereocenters. The summed E-state index contributed by atoms with van der Waals surface area (Å²) in [5.41, 5.74) is 1.74. The predicted molar refractivity (Wildman–Crippen MR) is 102 cm³/mol. The minimum absolute atomic E-state index is 0.484. The molecule has 134 valence electrons. The molecule has 0 amide bonds. The van der Waals surface area contributed by atoms with E-state index in [1.165, 1.54) is 0 Å². The average molecular weight is 362 g/mol. The number of methoxy groups -OCH3 is 4. The Labute approximate surface area is 153 Å². The van der Waals surface area contributed by atoms with Crippen LogP contribution in [0, 0.1) is 0 Å². The van der Waals surface area contributed by atoms with Crippen molar-refractivity contribution >= 4 is 23.0 Å². The van der Waals surface area contributed by atoms with Crippen molar-refractivity contribution in [1.82, 2.24) is 5.32 Å². The Morgan fingerprint density at radius 1 is 0.880 bits per heavy atom. The standard InChI is InChI=1S/C18H22N2O4S/c1-21-14-8-6-5-7-13(14)20-18(25)19-11-12-9-15(22-2)17(24-4)16(10-12)23-3/h5-10H,11H2,1-4H3,(H2,19,20,25). The zero-order valence-electron chi connectivity index (χ0n) is 14.7. The summed E-state index contributed by atoms with van der Waals surface area (Å²) < 4.78 is 21.3. The van der Waals surface area contributed by atoms with Crippen LogP contribution in [0.15, 0.2) is 36.4 Å². The number of rotatable bonds is 7. The largest absolute Gasteiger partial charge is 0.495 e. The molecular formula is C18H22N2O4S. The second kappa shape index (κ2) is 8.98. The van der Waals surface area contributed by atoms with E-state index in [2.05, 4.69) is 10.6 Å². The van der Waals surface area contributed by atoms with Crippen LogP contribution < -0.4 is 29.6 Å². The van der Waals surface area contributed by atoms with Gasteiger partial charge in [0.1, 0.15) is 5.75 Å². The fourth-order valence-electron chi connectivity index (χ4n) is 2.33. The van der Waals surface area contributed by atoms with Crippen LogP contribution in [0.2, 0.25) is 0 Å². The number of nitrogens with one attached hydrogen (secondary N) is 2. The van der Waals surface area contributed by atoms with Gasteiger partial charge in [0.2, 0.25) is 5.75 Å². The molecule has 0 aromatic heterocycles. The molecule has 2 rings (SSSR count). The lowest BCUT2D eigenvalue weighted by Crippen LogP contribution is -2.28. The molecule has 2 N–H and O–H groups in total. The summed E-state index contributed by atoms with van der Waals surface area (Å²) in [5, 5.41) is 6.76. The molecule has 0 aliphatic rings. The molecule has 0 unspecified atom stereocenters. The van der Waals surface area contributed by atoms with Crippen molar-refractivity contribution in [2.24, 2.45) is 0 Å². The van der Waals surface area contributed by atoms with Crippen LogP contribution in [0.3, 0.4) is 0 Å². The maximum absolute atomic E-state index is 5.35. The molecule has 0 radical (unpaired) electrons. The second-order valence-corrected chi connectivity index (χ2v) is 5.45. The van der Waals surface area contributed by atoms with E-state index in [0.29, 0.717) is 28.9 Å². The van der Waals surface area contributed by atoms with Crippen LogP contribution in [0.1, 0.15) is 5.56 Å². The Bertz CT molecular complexity index is 712. The van der Waals surface area contributed by atoms with E-state index < -0.39 is 0 Å². The predicted octanol–water partition coefficient (Wildman–Crippen LogP) is 3.21. The molecule has 6 nitrogen and oxygen atoms in total. The third-order valence-corrected chi connectivity index (χ3v) is 3.78. The summed E-state index contributed by atoms with van der Waals surface area (Å²) in [5.74, 6) is 2.48. The van der Waals surface area contributed by atoms with Gasteiger partial charge in [0.25, 0.3) is 0 Å². The first-order chi connectivity index (χ1) is 12.1. The van der Waals surface area contributed by atoms with E-state index in [4.69, 9.17) is 31.2 Å². The second-order valence-electron chi connectivity index (χ2n) is 5.04. The molecule has 0 bridgehead atoms. The number of hydrogen-bond acceptors (Lipinski definition) is 5. The maximum atomic E-state index is 5.35. The Balaban J connectivity index is 2.06. The molecule has 0 aliphatic carbocycles. The SMILES string of the molecule is COc1ccccc1NC(=S)NCc1cc(OC)c(OC)c(OC)c1. The normalized spacial score (nSPS) is 9.92. The van der Waals surface area contributed by atoms with Crippen molar-refractivity contribution in [2.45, 2.75) is 6.54 Å². The van der Waals surface area contributed by atoms with Crippen LogP contribution in [0.25, 0.3) is 0 Å². The molecule has 0 heterocycles. The van der Waals surface area contributed by atoms with Crippen molar-refractivity contribution in [2.75, 3.05) is 33.8 Å². The van der Waals surface area contributed by atoms with E-state index in [0.717, 1.165) is 17.0 Å². The summed E-state index contributed by atoms with van der Waals surface area (Å²) in [4.78, 5) is 0. The highest BCUT2D eigenvalue weighted by atomic mass is 32.1. The highest BCUT2D eigenvalue weighted by molar-refractivity contribution is 7.80. The minimum Gasteiger partial charge on any atom is -0.495 e.